The third-order valence-corrected chi connectivity index (χ3v) is 8.92. The number of carbonyl (C=O) groups excluding carboxylic acids is 1. The van der Waals surface area contributed by atoms with E-state index in [4.69, 9.17) is 14.8 Å². The first-order valence-electron chi connectivity index (χ1n) is 18.6. The molecular weight excluding hydrogens is 599 g/mol. The van der Waals surface area contributed by atoms with Crippen molar-refractivity contribution in [3.05, 3.63) is 36.5 Å². The van der Waals surface area contributed by atoms with Crippen LogP contribution in [0.5, 0.6) is 0 Å². The number of aliphatic hydroxyl groups is 1. The molecule has 270 valence electrons. The molecule has 0 aliphatic carbocycles. The Kier molecular flexibility index (Phi) is 32.7. The van der Waals surface area contributed by atoms with E-state index in [1.165, 1.54) is 83.5 Å². The van der Waals surface area contributed by atoms with Crippen molar-refractivity contribution in [1.82, 2.24) is 5.32 Å². The maximum atomic E-state index is 12.7. The maximum absolute atomic E-state index is 12.7. The lowest BCUT2D eigenvalue weighted by atomic mass is 10.1. The molecule has 0 saturated carbocycles. The zero-order valence-corrected chi connectivity index (χ0v) is 30.4. The number of phosphoric ester groups is 1. The van der Waals surface area contributed by atoms with E-state index in [2.05, 4.69) is 43.5 Å². The van der Waals surface area contributed by atoms with Crippen molar-refractivity contribution in [3.8, 4) is 0 Å². The van der Waals surface area contributed by atoms with Crippen LogP contribution in [-0.4, -0.2) is 47.8 Å². The SMILES string of the molecule is CCCCCC/C=C\CCCCCCCC(=O)NC(COP(=O)(O)OCCN)C(O)/C=C/CC/C=C/CCCCCCCCCC. The van der Waals surface area contributed by atoms with Gasteiger partial charge in [-0.3, -0.25) is 13.8 Å². The Bertz CT molecular complexity index is 820. The molecule has 0 aliphatic rings. The number of unbranched alkanes of at least 4 members (excludes halogenated alkanes) is 18. The Morgan fingerprint density at radius 1 is 0.696 bits per heavy atom. The lowest BCUT2D eigenvalue weighted by Gasteiger charge is -2.23. The molecule has 46 heavy (non-hydrogen) atoms. The van der Waals surface area contributed by atoms with Crippen LogP contribution in [0.25, 0.3) is 0 Å². The molecule has 0 aromatic heterocycles. The highest BCUT2D eigenvalue weighted by molar-refractivity contribution is 7.47. The molecule has 0 fully saturated rings. The van der Waals surface area contributed by atoms with Crippen molar-refractivity contribution < 1.29 is 28.4 Å². The largest absolute Gasteiger partial charge is 0.472 e. The van der Waals surface area contributed by atoms with Gasteiger partial charge >= 0.3 is 7.82 Å². The Morgan fingerprint density at radius 3 is 1.70 bits per heavy atom. The molecule has 5 N–H and O–H groups in total. The predicted octanol–water partition coefficient (Wildman–Crippen LogP) is 9.61. The standard InChI is InChI=1S/C37H71N2O6P/c1-3-5-7-9-11-13-15-17-19-20-22-24-26-28-30-36(40)35(34-45-46(42,43)44-33-32-38)39-37(41)31-29-27-25-23-21-18-16-14-12-10-8-6-4-2/h14,16,20,22,28,30,35-36,40H,3-13,15,17-19,21,23-27,29,31-34,38H2,1-2H3,(H,39,41)(H,42,43)/b16-14-,22-20+,30-28+. The highest BCUT2D eigenvalue weighted by atomic mass is 31.2. The fourth-order valence-corrected chi connectivity index (χ4v) is 5.84. The third kappa shape index (κ3) is 31.3. The molecule has 3 unspecified atom stereocenters. The van der Waals surface area contributed by atoms with Crippen LogP contribution >= 0.6 is 7.82 Å². The number of nitrogens with one attached hydrogen (secondary N) is 1. The lowest BCUT2D eigenvalue weighted by molar-refractivity contribution is -0.123. The number of amides is 1. The van der Waals surface area contributed by atoms with Crippen molar-refractivity contribution in [2.75, 3.05) is 19.8 Å². The van der Waals surface area contributed by atoms with Crippen LogP contribution < -0.4 is 11.1 Å². The van der Waals surface area contributed by atoms with Gasteiger partial charge in [0.1, 0.15) is 0 Å². The average Bonchev–Trinajstić information content (AvgIpc) is 3.04. The number of allylic oxidation sites excluding steroid dienone is 5. The van der Waals surface area contributed by atoms with Crippen LogP contribution in [-0.2, 0) is 18.4 Å². The van der Waals surface area contributed by atoms with Gasteiger partial charge in [0.05, 0.1) is 25.4 Å². The van der Waals surface area contributed by atoms with Gasteiger partial charge in [0.15, 0.2) is 0 Å². The minimum atomic E-state index is -4.34. The monoisotopic (exact) mass is 671 g/mol. The number of nitrogens with two attached hydrogens (primary N) is 1. The Morgan fingerprint density at radius 2 is 1.15 bits per heavy atom. The summed E-state index contributed by atoms with van der Waals surface area (Å²) in [5.41, 5.74) is 5.35. The van der Waals surface area contributed by atoms with Crippen molar-refractivity contribution in [1.29, 1.82) is 0 Å². The summed E-state index contributed by atoms with van der Waals surface area (Å²) < 4.78 is 22.0. The number of phosphoric acid groups is 1. The zero-order chi connectivity index (χ0) is 34.0. The van der Waals surface area contributed by atoms with Crippen LogP contribution in [0.15, 0.2) is 36.5 Å². The molecule has 8 nitrogen and oxygen atoms in total. The smallest absolute Gasteiger partial charge is 0.387 e. The minimum absolute atomic E-state index is 0.0723. The second-order valence-electron chi connectivity index (χ2n) is 12.4. The predicted molar refractivity (Wildman–Crippen MR) is 194 cm³/mol. The molecule has 3 atom stereocenters. The topological polar surface area (TPSA) is 131 Å². The van der Waals surface area contributed by atoms with Crippen LogP contribution in [0.4, 0.5) is 0 Å². The van der Waals surface area contributed by atoms with Gasteiger partial charge in [0, 0.05) is 13.0 Å². The second kappa shape index (κ2) is 33.6. The quantitative estimate of drug-likeness (QED) is 0.0305. The summed E-state index contributed by atoms with van der Waals surface area (Å²) in [6, 6.07) is -0.878. The van der Waals surface area contributed by atoms with E-state index in [0.29, 0.717) is 6.42 Å². The molecule has 0 aliphatic heterocycles. The average molecular weight is 671 g/mol. The van der Waals surface area contributed by atoms with E-state index >= 15 is 0 Å². The van der Waals surface area contributed by atoms with Gasteiger partial charge in [0.25, 0.3) is 0 Å². The van der Waals surface area contributed by atoms with Gasteiger partial charge in [-0.15, -0.1) is 0 Å². The van der Waals surface area contributed by atoms with E-state index in [-0.39, 0.29) is 25.7 Å². The van der Waals surface area contributed by atoms with Gasteiger partial charge in [0.2, 0.25) is 5.91 Å². The summed E-state index contributed by atoms with van der Waals surface area (Å²) >= 11 is 0. The van der Waals surface area contributed by atoms with Crippen molar-refractivity contribution >= 4 is 13.7 Å². The van der Waals surface area contributed by atoms with E-state index in [9.17, 15) is 19.4 Å². The van der Waals surface area contributed by atoms with Crippen molar-refractivity contribution in [2.24, 2.45) is 5.73 Å². The maximum Gasteiger partial charge on any atom is 0.472 e. The highest BCUT2D eigenvalue weighted by Crippen LogP contribution is 2.43. The molecular formula is C37H71N2O6P. The van der Waals surface area contributed by atoms with Crippen LogP contribution in [0.3, 0.4) is 0 Å². The summed E-state index contributed by atoms with van der Waals surface area (Å²) in [6.07, 6.45) is 37.6. The number of rotatable bonds is 34. The van der Waals surface area contributed by atoms with Crippen molar-refractivity contribution in [3.63, 3.8) is 0 Å². The summed E-state index contributed by atoms with van der Waals surface area (Å²) in [6.45, 7) is 4.06. The first kappa shape index (κ1) is 44.7. The summed E-state index contributed by atoms with van der Waals surface area (Å²) in [5, 5.41) is 13.6. The molecule has 0 aromatic carbocycles. The summed E-state index contributed by atoms with van der Waals surface area (Å²) in [5.74, 6) is -0.216. The first-order valence-corrected chi connectivity index (χ1v) is 20.1. The molecule has 0 heterocycles. The third-order valence-electron chi connectivity index (χ3n) is 7.94. The fourth-order valence-electron chi connectivity index (χ4n) is 5.08. The van der Waals surface area contributed by atoms with Crippen molar-refractivity contribution in [2.45, 2.75) is 174 Å². The number of aliphatic hydroxyl groups excluding tert-OH is 1. The molecule has 0 aromatic rings. The first-order chi connectivity index (χ1) is 22.4. The minimum Gasteiger partial charge on any atom is -0.387 e. The lowest BCUT2D eigenvalue weighted by Crippen LogP contribution is -2.45. The molecule has 1 amide bonds. The van der Waals surface area contributed by atoms with E-state index in [0.717, 1.165) is 57.8 Å². The van der Waals surface area contributed by atoms with Gasteiger partial charge < -0.3 is 21.1 Å². The summed E-state index contributed by atoms with van der Waals surface area (Å²) in [7, 11) is -4.34. The van der Waals surface area contributed by atoms with E-state index in [1.54, 1.807) is 6.08 Å². The molecule has 0 bridgehead atoms. The number of hydrogen-bond acceptors (Lipinski definition) is 6. The Balaban J connectivity index is 4.41. The number of carbonyl (C=O) groups is 1. The van der Waals surface area contributed by atoms with E-state index < -0.39 is 20.0 Å². The van der Waals surface area contributed by atoms with Gasteiger partial charge in [-0.2, -0.15) is 0 Å². The molecule has 0 rings (SSSR count). The Labute approximate surface area is 282 Å². The Hall–Kier alpha value is -1.28. The van der Waals surface area contributed by atoms with Gasteiger partial charge in [-0.1, -0.05) is 134 Å². The summed E-state index contributed by atoms with van der Waals surface area (Å²) in [4.78, 5) is 22.5. The second-order valence-corrected chi connectivity index (χ2v) is 13.9. The molecule has 9 heteroatoms. The normalized spacial score (nSPS) is 14.8. The molecule has 0 saturated heterocycles. The van der Waals surface area contributed by atoms with Gasteiger partial charge in [-0.05, 0) is 57.8 Å². The van der Waals surface area contributed by atoms with Crippen LogP contribution in [0, 0.1) is 0 Å². The fraction of sp³-hybridized carbons (Fsp3) is 0.811. The van der Waals surface area contributed by atoms with E-state index in [1.807, 2.05) is 6.08 Å². The highest BCUT2D eigenvalue weighted by Gasteiger charge is 2.26. The van der Waals surface area contributed by atoms with Gasteiger partial charge in [-0.25, -0.2) is 4.57 Å². The van der Waals surface area contributed by atoms with Crippen LogP contribution in [0.2, 0.25) is 0 Å². The molecule has 0 radical (unpaired) electrons. The number of hydrogen-bond donors (Lipinski definition) is 4. The van der Waals surface area contributed by atoms with Crippen LogP contribution in [0.1, 0.15) is 162 Å². The zero-order valence-electron chi connectivity index (χ0n) is 29.6. The molecule has 0 spiro atoms.